The van der Waals surface area contributed by atoms with Crippen molar-refractivity contribution in [2.24, 2.45) is 0 Å². The van der Waals surface area contributed by atoms with Gasteiger partial charge < -0.3 is 9.52 Å². The van der Waals surface area contributed by atoms with Crippen molar-refractivity contribution in [3.8, 4) is 17.6 Å². The van der Waals surface area contributed by atoms with Crippen molar-refractivity contribution in [1.82, 2.24) is 0 Å². The quantitative estimate of drug-likeness (QED) is 0.606. The lowest BCUT2D eigenvalue weighted by atomic mass is 10.1. The molecule has 0 radical (unpaired) electrons. The molecule has 0 saturated carbocycles. The second kappa shape index (κ2) is 5.92. The molecule has 0 amide bonds. The Morgan fingerprint density at radius 1 is 1.40 bits per heavy atom. The first-order valence-corrected chi connectivity index (χ1v) is 4.95. The van der Waals surface area contributed by atoms with Crippen molar-refractivity contribution in [3.63, 3.8) is 0 Å². The summed E-state index contributed by atoms with van der Waals surface area (Å²) in [5, 5.41) is 9.15. The Kier molecular flexibility index (Phi) is 4.49. The Balaban J connectivity index is 2.42. The molecule has 0 aliphatic heterocycles. The molecule has 0 aliphatic rings. The van der Waals surface area contributed by atoms with Crippen LogP contribution in [0, 0.1) is 11.8 Å². The molecular weight excluding hydrogens is 192 g/mol. The normalized spacial score (nSPS) is 9.40. The van der Waals surface area contributed by atoms with Crippen molar-refractivity contribution in [3.05, 3.63) is 28.3 Å². The third-order valence-electron chi connectivity index (χ3n) is 1.96. The number of hydrogen-bond donors (Lipinski definition) is 1. The molecule has 0 unspecified atom stereocenters. The first kappa shape index (κ1) is 11.4. The number of unbranched alkanes of at least 4 members (excludes halogenated alkanes) is 2. The third kappa shape index (κ3) is 4.37. The fourth-order valence-electron chi connectivity index (χ4n) is 1.28. The molecule has 1 heterocycles. The minimum absolute atomic E-state index is 0.0328. The number of aromatic hydroxyl groups is 1. The molecule has 1 N–H and O–H groups in total. The van der Waals surface area contributed by atoms with Gasteiger partial charge in [0.1, 0.15) is 11.5 Å². The molecule has 1 aromatic heterocycles. The van der Waals surface area contributed by atoms with Gasteiger partial charge in [0.15, 0.2) is 0 Å². The van der Waals surface area contributed by atoms with Crippen LogP contribution < -0.4 is 5.63 Å². The first-order valence-electron chi connectivity index (χ1n) is 4.95. The maximum absolute atomic E-state index is 10.9. The second-order valence-corrected chi connectivity index (χ2v) is 3.23. The number of rotatable bonds is 4. The highest BCUT2D eigenvalue weighted by Crippen LogP contribution is 2.10. The van der Waals surface area contributed by atoms with Crippen molar-refractivity contribution >= 4 is 0 Å². The van der Waals surface area contributed by atoms with Crippen LogP contribution in [0.2, 0.25) is 0 Å². The molecule has 0 atom stereocenters. The largest absolute Gasteiger partial charge is 0.508 e. The topological polar surface area (TPSA) is 50.4 Å². The van der Waals surface area contributed by atoms with Crippen molar-refractivity contribution in [2.45, 2.75) is 32.6 Å². The minimum Gasteiger partial charge on any atom is -0.508 e. The van der Waals surface area contributed by atoms with E-state index in [1.165, 1.54) is 6.07 Å². The highest BCUT2D eigenvalue weighted by Gasteiger charge is 2.00. The Morgan fingerprint density at radius 2 is 2.20 bits per heavy atom. The van der Waals surface area contributed by atoms with E-state index in [9.17, 15) is 4.79 Å². The Bertz CT molecular complexity index is 420. The summed E-state index contributed by atoms with van der Waals surface area (Å²) in [5.41, 5.74) is -0.502. The van der Waals surface area contributed by atoms with Crippen LogP contribution in [0.5, 0.6) is 5.75 Å². The summed E-state index contributed by atoms with van der Waals surface area (Å²) >= 11 is 0. The van der Waals surface area contributed by atoms with E-state index in [1.54, 1.807) is 0 Å². The van der Waals surface area contributed by atoms with E-state index in [4.69, 9.17) is 9.52 Å². The van der Waals surface area contributed by atoms with Crippen LogP contribution in [0.25, 0.3) is 0 Å². The third-order valence-corrected chi connectivity index (χ3v) is 1.96. The first-order chi connectivity index (χ1) is 7.22. The van der Waals surface area contributed by atoms with Gasteiger partial charge in [0, 0.05) is 18.9 Å². The summed E-state index contributed by atoms with van der Waals surface area (Å²) in [6, 6.07) is 2.54. The summed E-state index contributed by atoms with van der Waals surface area (Å²) < 4.78 is 4.91. The van der Waals surface area contributed by atoms with Crippen LogP contribution in [0.4, 0.5) is 0 Å². The van der Waals surface area contributed by atoms with Gasteiger partial charge in [-0.1, -0.05) is 0 Å². The van der Waals surface area contributed by atoms with Gasteiger partial charge in [0.25, 0.3) is 0 Å². The molecule has 0 saturated heterocycles. The summed E-state index contributed by atoms with van der Waals surface area (Å²) in [4.78, 5) is 10.9. The van der Waals surface area contributed by atoms with Gasteiger partial charge in [0.2, 0.25) is 0 Å². The fraction of sp³-hybridized carbons (Fsp3) is 0.417. The lowest BCUT2D eigenvalue weighted by Crippen LogP contribution is -1.98. The lowest BCUT2D eigenvalue weighted by Gasteiger charge is -1.98. The molecule has 15 heavy (non-hydrogen) atoms. The van der Waals surface area contributed by atoms with Gasteiger partial charge in [-0.05, 0) is 19.8 Å². The second-order valence-electron chi connectivity index (χ2n) is 3.23. The van der Waals surface area contributed by atoms with E-state index in [-0.39, 0.29) is 5.75 Å². The Labute approximate surface area is 88.7 Å². The molecule has 3 nitrogen and oxygen atoms in total. The Hall–Kier alpha value is -1.69. The van der Waals surface area contributed by atoms with E-state index in [1.807, 2.05) is 6.92 Å². The molecule has 0 aromatic carbocycles. The van der Waals surface area contributed by atoms with Crippen molar-refractivity contribution in [2.75, 3.05) is 0 Å². The van der Waals surface area contributed by atoms with E-state index < -0.39 is 5.63 Å². The molecule has 0 fully saturated rings. The summed E-state index contributed by atoms with van der Waals surface area (Å²) in [7, 11) is 0. The van der Waals surface area contributed by atoms with Crippen LogP contribution in [0.3, 0.4) is 0 Å². The van der Waals surface area contributed by atoms with Gasteiger partial charge in [-0.25, -0.2) is 4.79 Å². The average molecular weight is 206 g/mol. The predicted octanol–water partition coefficient (Wildman–Crippen LogP) is 2.08. The highest BCUT2D eigenvalue weighted by molar-refractivity contribution is 5.18. The van der Waals surface area contributed by atoms with Crippen LogP contribution >= 0.6 is 0 Å². The monoisotopic (exact) mass is 206 g/mol. The van der Waals surface area contributed by atoms with Gasteiger partial charge in [-0.2, -0.15) is 0 Å². The molecule has 0 aliphatic carbocycles. The predicted molar refractivity (Wildman–Crippen MR) is 57.6 cm³/mol. The Morgan fingerprint density at radius 3 is 2.87 bits per heavy atom. The van der Waals surface area contributed by atoms with Gasteiger partial charge in [0.05, 0.1) is 6.07 Å². The molecule has 80 valence electrons. The zero-order chi connectivity index (χ0) is 11.1. The SMILES string of the molecule is CC#CCCCCc1cc(O)cc(=O)o1. The van der Waals surface area contributed by atoms with Crippen LogP contribution in [-0.4, -0.2) is 5.11 Å². The fourth-order valence-corrected chi connectivity index (χ4v) is 1.28. The molecule has 1 aromatic rings. The van der Waals surface area contributed by atoms with Gasteiger partial charge >= 0.3 is 5.63 Å². The molecule has 0 spiro atoms. The van der Waals surface area contributed by atoms with Crippen molar-refractivity contribution in [1.29, 1.82) is 0 Å². The molecular formula is C12H14O3. The van der Waals surface area contributed by atoms with Gasteiger partial charge in [-0.15, -0.1) is 11.8 Å². The standard InChI is InChI=1S/C12H14O3/c1-2-3-4-5-6-7-11-8-10(13)9-12(14)15-11/h8-9,13H,4-7H2,1H3. The van der Waals surface area contributed by atoms with Crippen LogP contribution in [0.1, 0.15) is 31.9 Å². The van der Waals surface area contributed by atoms with E-state index >= 15 is 0 Å². The van der Waals surface area contributed by atoms with Crippen LogP contribution in [-0.2, 0) is 6.42 Å². The lowest BCUT2D eigenvalue weighted by molar-refractivity contribution is 0.419. The van der Waals surface area contributed by atoms with E-state index in [0.29, 0.717) is 12.2 Å². The summed E-state index contributed by atoms with van der Waals surface area (Å²) in [6.45, 7) is 1.81. The summed E-state index contributed by atoms with van der Waals surface area (Å²) in [5.74, 6) is 6.29. The summed E-state index contributed by atoms with van der Waals surface area (Å²) in [6.07, 6.45) is 3.40. The molecule has 3 heteroatoms. The maximum atomic E-state index is 10.9. The molecule has 1 rings (SSSR count). The minimum atomic E-state index is -0.502. The number of hydrogen-bond acceptors (Lipinski definition) is 3. The van der Waals surface area contributed by atoms with Gasteiger partial charge in [-0.3, -0.25) is 0 Å². The number of aryl methyl sites for hydroxylation is 1. The van der Waals surface area contributed by atoms with Crippen molar-refractivity contribution < 1.29 is 9.52 Å². The highest BCUT2D eigenvalue weighted by atomic mass is 16.4. The zero-order valence-corrected chi connectivity index (χ0v) is 8.75. The zero-order valence-electron chi connectivity index (χ0n) is 8.75. The van der Waals surface area contributed by atoms with E-state index in [2.05, 4.69) is 11.8 Å². The average Bonchev–Trinajstić information content (AvgIpc) is 2.16. The molecule has 0 bridgehead atoms. The maximum Gasteiger partial charge on any atom is 0.339 e. The van der Waals surface area contributed by atoms with E-state index in [0.717, 1.165) is 25.3 Å². The smallest absolute Gasteiger partial charge is 0.339 e. The van der Waals surface area contributed by atoms with Crippen LogP contribution in [0.15, 0.2) is 21.3 Å².